The number of nitrogens with zero attached hydrogens (tertiary/aromatic N) is 1. The van der Waals surface area contributed by atoms with Gasteiger partial charge in [0.15, 0.2) is 5.11 Å². The van der Waals surface area contributed by atoms with Gasteiger partial charge in [0.05, 0.1) is 10.7 Å². The molecule has 0 aliphatic carbocycles. The third-order valence-corrected chi connectivity index (χ3v) is 5.65. The van der Waals surface area contributed by atoms with Crippen LogP contribution in [-0.4, -0.2) is 29.1 Å². The van der Waals surface area contributed by atoms with Crippen LogP contribution in [0.15, 0.2) is 35.7 Å². The topological polar surface area (TPSA) is 27.3 Å². The minimum atomic E-state index is 0.425. The zero-order chi connectivity index (χ0) is 16.9. The Hall–Kier alpha value is -1.14. The number of hydrogen-bond acceptors (Lipinski definition) is 3. The Bertz CT molecular complexity index is 680. The molecule has 2 heterocycles. The molecule has 1 aliphatic heterocycles. The van der Waals surface area contributed by atoms with Crippen LogP contribution >= 0.6 is 35.2 Å². The number of likely N-dealkylation sites (tertiary alicyclic amines) is 1. The predicted octanol–water partition coefficient (Wildman–Crippen LogP) is 4.66. The van der Waals surface area contributed by atoms with Crippen LogP contribution in [0, 0.1) is 6.92 Å². The Balaban J connectivity index is 1.44. The molecule has 24 heavy (non-hydrogen) atoms. The summed E-state index contributed by atoms with van der Waals surface area (Å²) in [7, 11) is 0. The normalized spacial score (nSPS) is 16.1. The zero-order valence-corrected chi connectivity index (χ0v) is 16.1. The molecule has 6 heteroatoms. The molecule has 1 aromatic heterocycles. The largest absolute Gasteiger partial charge is 0.360 e. The number of anilines is 1. The molecule has 1 saturated heterocycles. The summed E-state index contributed by atoms with van der Waals surface area (Å²) < 4.78 is 0. The quantitative estimate of drug-likeness (QED) is 0.755. The van der Waals surface area contributed by atoms with E-state index < -0.39 is 0 Å². The van der Waals surface area contributed by atoms with E-state index >= 15 is 0 Å². The summed E-state index contributed by atoms with van der Waals surface area (Å²) in [6, 6.07) is 10.7. The summed E-state index contributed by atoms with van der Waals surface area (Å²) in [4.78, 5) is 3.95. The number of thiocarbonyl (C=S) groups is 1. The molecule has 1 fully saturated rings. The molecule has 1 aromatic carbocycles. The number of hydrogen-bond donors (Lipinski definition) is 2. The second-order valence-corrected chi connectivity index (χ2v) is 8.06. The third kappa shape index (κ3) is 4.93. The van der Waals surface area contributed by atoms with Gasteiger partial charge >= 0.3 is 0 Å². The van der Waals surface area contributed by atoms with Crippen molar-refractivity contribution in [2.24, 2.45) is 0 Å². The molecule has 0 saturated carbocycles. The Kier molecular flexibility index (Phi) is 6.11. The minimum Gasteiger partial charge on any atom is -0.360 e. The van der Waals surface area contributed by atoms with Crippen molar-refractivity contribution in [3.8, 4) is 0 Å². The Morgan fingerprint density at radius 2 is 2.12 bits per heavy atom. The van der Waals surface area contributed by atoms with E-state index in [-0.39, 0.29) is 0 Å². The van der Waals surface area contributed by atoms with Crippen LogP contribution in [0.4, 0.5) is 5.69 Å². The first-order valence-electron chi connectivity index (χ1n) is 8.18. The minimum absolute atomic E-state index is 0.425. The Morgan fingerprint density at radius 1 is 1.33 bits per heavy atom. The highest BCUT2D eigenvalue weighted by Crippen LogP contribution is 2.23. The summed E-state index contributed by atoms with van der Waals surface area (Å²) >= 11 is 13.5. The summed E-state index contributed by atoms with van der Waals surface area (Å²) in [5, 5.41) is 10.1. The Morgan fingerprint density at radius 3 is 2.79 bits per heavy atom. The fourth-order valence-corrected chi connectivity index (χ4v) is 4.23. The maximum absolute atomic E-state index is 6.25. The maximum Gasteiger partial charge on any atom is 0.171 e. The predicted molar refractivity (Wildman–Crippen MR) is 108 cm³/mol. The lowest BCUT2D eigenvalue weighted by molar-refractivity contribution is 0.201. The van der Waals surface area contributed by atoms with Gasteiger partial charge in [0.25, 0.3) is 0 Å². The van der Waals surface area contributed by atoms with Crippen LogP contribution in [-0.2, 0) is 6.54 Å². The smallest absolute Gasteiger partial charge is 0.171 e. The molecule has 3 nitrogen and oxygen atoms in total. The lowest BCUT2D eigenvalue weighted by atomic mass is 10.1. The zero-order valence-electron chi connectivity index (χ0n) is 13.7. The van der Waals surface area contributed by atoms with Crippen molar-refractivity contribution in [1.82, 2.24) is 10.2 Å². The summed E-state index contributed by atoms with van der Waals surface area (Å²) in [6.45, 7) is 5.29. The van der Waals surface area contributed by atoms with E-state index in [1.54, 1.807) is 0 Å². The van der Waals surface area contributed by atoms with E-state index in [2.05, 4.69) is 33.0 Å². The molecular weight excluding hydrogens is 358 g/mol. The van der Waals surface area contributed by atoms with Crippen molar-refractivity contribution in [2.45, 2.75) is 32.4 Å². The van der Waals surface area contributed by atoms with Crippen molar-refractivity contribution in [2.75, 3.05) is 18.4 Å². The molecule has 2 aromatic rings. The average Bonchev–Trinajstić information content (AvgIpc) is 3.05. The van der Waals surface area contributed by atoms with Gasteiger partial charge < -0.3 is 10.6 Å². The van der Waals surface area contributed by atoms with Crippen molar-refractivity contribution in [3.63, 3.8) is 0 Å². The van der Waals surface area contributed by atoms with Gasteiger partial charge in [0, 0.05) is 30.6 Å². The van der Waals surface area contributed by atoms with Crippen LogP contribution < -0.4 is 10.6 Å². The van der Waals surface area contributed by atoms with E-state index in [0.717, 1.165) is 43.7 Å². The number of halogens is 1. The molecule has 0 bridgehead atoms. The number of piperidine rings is 1. The van der Waals surface area contributed by atoms with Gasteiger partial charge in [-0.1, -0.05) is 23.7 Å². The van der Waals surface area contributed by atoms with Gasteiger partial charge in [0.1, 0.15) is 0 Å². The number of nitrogens with one attached hydrogen (secondary N) is 2. The Labute approximate surface area is 158 Å². The van der Waals surface area contributed by atoms with Crippen LogP contribution in [0.1, 0.15) is 23.3 Å². The fraction of sp³-hybridized carbons (Fsp3) is 0.389. The van der Waals surface area contributed by atoms with Gasteiger partial charge in [-0.15, -0.1) is 11.3 Å². The summed E-state index contributed by atoms with van der Waals surface area (Å²) in [5.74, 6) is 0. The standard InChI is InChI=1S/C18H22ClN3S2/c1-13-4-5-17(16(19)11-13)21-18(23)20-14-6-8-22(9-7-14)12-15-3-2-10-24-15/h2-5,10-11,14H,6-9,12H2,1H3,(H2,20,21,23). The maximum atomic E-state index is 6.25. The molecule has 128 valence electrons. The summed E-state index contributed by atoms with van der Waals surface area (Å²) in [5.41, 5.74) is 2.00. The summed E-state index contributed by atoms with van der Waals surface area (Å²) in [6.07, 6.45) is 2.21. The highest BCUT2D eigenvalue weighted by Gasteiger charge is 2.20. The third-order valence-electron chi connectivity index (χ3n) is 4.26. The second kappa shape index (κ2) is 8.30. The first kappa shape index (κ1) is 17.7. The second-order valence-electron chi connectivity index (χ2n) is 6.21. The highest BCUT2D eigenvalue weighted by molar-refractivity contribution is 7.80. The monoisotopic (exact) mass is 379 g/mol. The lowest BCUT2D eigenvalue weighted by Gasteiger charge is -2.32. The van der Waals surface area contributed by atoms with Crippen LogP contribution in [0.5, 0.6) is 0 Å². The number of rotatable bonds is 4. The van der Waals surface area contributed by atoms with Crippen molar-refractivity contribution in [3.05, 3.63) is 51.2 Å². The molecular formula is C18H22ClN3S2. The van der Waals surface area contributed by atoms with E-state index in [9.17, 15) is 0 Å². The first-order valence-corrected chi connectivity index (χ1v) is 9.85. The molecule has 0 amide bonds. The van der Waals surface area contributed by atoms with Crippen molar-refractivity contribution < 1.29 is 0 Å². The van der Waals surface area contributed by atoms with Gasteiger partial charge in [-0.05, 0) is 61.1 Å². The molecule has 2 N–H and O–H groups in total. The van der Waals surface area contributed by atoms with Crippen LogP contribution in [0.2, 0.25) is 5.02 Å². The lowest BCUT2D eigenvalue weighted by Crippen LogP contribution is -2.45. The highest BCUT2D eigenvalue weighted by atomic mass is 35.5. The molecule has 0 radical (unpaired) electrons. The molecule has 1 aliphatic rings. The van der Waals surface area contributed by atoms with Crippen LogP contribution in [0.3, 0.4) is 0 Å². The average molecular weight is 380 g/mol. The van der Waals surface area contributed by atoms with E-state index in [4.69, 9.17) is 23.8 Å². The molecule has 0 spiro atoms. The number of thiophene rings is 1. The van der Waals surface area contributed by atoms with Crippen LogP contribution in [0.25, 0.3) is 0 Å². The van der Waals surface area contributed by atoms with Crippen molar-refractivity contribution >= 4 is 46.0 Å². The molecule has 0 atom stereocenters. The van der Waals surface area contributed by atoms with Gasteiger partial charge in [0.2, 0.25) is 0 Å². The first-order chi connectivity index (χ1) is 11.6. The van der Waals surface area contributed by atoms with E-state index in [1.807, 2.05) is 36.5 Å². The van der Waals surface area contributed by atoms with Crippen molar-refractivity contribution in [1.29, 1.82) is 0 Å². The SMILES string of the molecule is Cc1ccc(NC(=S)NC2CCN(Cc3cccs3)CC2)c(Cl)c1. The van der Waals surface area contributed by atoms with Gasteiger partial charge in [-0.25, -0.2) is 0 Å². The van der Waals surface area contributed by atoms with E-state index in [1.165, 1.54) is 4.88 Å². The number of aryl methyl sites for hydroxylation is 1. The number of benzene rings is 1. The fourth-order valence-electron chi connectivity index (χ4n) is 2.92. The molecule has 3 rings (SSSR count). The van der Waals surface area contributed by atoms with Gasteiger partial charge in [-0.2, -0.15) is 0 Å². The van der Waals surface area contributed by atoms with Gasteiger partial charge in [-0.3, -0.25) is 4.90 Å². The van der Waals surface area contributed by atoms with E-state index in [0.29, 0.717) is 16.2 Å². The molecule has 0 unspecified atom stereocenters.